The van der Waals surface area contributed by atoms with Gasteiger partial charge in [0.05, 0.1) is 0 Å². The van der Waals surface area contributed by atoms with Gasteiger partial charge in [-0.3, -0.25) is 0 Å². The number of nitrogens with two attached hydrogens (primary N) is 1. The second kappa shape index (κ2) is 7.31. The molecule has 1 heterocycles. The molecule has 0 atom stereocenters. The first-order valence-electron chi connectivity index (χ1n) is 7.35. The molecule has 2 rings (SSSR count). The number of halogens is 1. The van der Waals surface area contributed by atoms with Gasteiger partial charge in [-0.1, -0.05) is 31.5 Å². The number of rotatable bonds is 6. The second-order valence-corrected chi connectivity index (χ2v) is 6.09. The van der Waals surface area contributed by atoms with Gasteiger partial charge in [-0.2, -0.15) is 0 Å². The van der Waals surface area contributed by atoms with Gasteiger partial charge in [0.1, 0.15) is 12.0 Å². The average molecular weight is 320 g/mol. The molecule has 0 aliphatic rings. The fraction of sp³-hybridized carbons (Fsp3) is 0.375. The van der Waals surface area contributed by atoms with E-state index in [4.69, 9.17) is 17.3 Å². The number of nitrogens with zero attached hydrogens (tertiary/aromatic N) is 2. The lowest BCUT2D eigenvalue weighted by Gasteiger charge is -2.13. The Morgan fingerprint density at radius 2 is 1.95 bits per heavy atom. The van der Waals surface area contributed by atoms with Crippen molar-refractivity contribution in [2.45, 2.75) is 27.2 Å². The molecule has 0 spiro atoms. The third-order valence-corrected chi connectivity index (χ3v) is 3.74. The zero-order chi connectivity index (χ0) is 16.1. The van der Waals surface area contributed by atoms with Crippen LogP contribution < -0.4 is 16.4 Å². The highest BCUT2D eigenvalue weighted by molar-refractivity contribution is 6.31. The summed E-state index contributed by atoms with van der Waals surface area (Å²) in [6.45, 7) is 7.15. The van der Waals surface area contributed by atoms with E-state index in [2.05, 4.69) is 34.4 Å². The predicted octanol–water partition coefficient (Wildman–Crippen LogP) is 4.22. The minimum absolute atomic E-state index is 0.503. The molecule has 5 nitrogen and oxygen atoms in total. The van der Waals surface area contributed by atoms with Gasteiger partial charge in [0, 0.05) is 17.3 Å². The van der Waals surface area contributed by atoms with Crippen LogP contribution in [0.1, 0.15) is 25.8 Å². The zero-order valence-corrected chi connectivity index (χ0v) is 13.9. The van der Waals surface area contributed by atoms with Crippen molar-refractivity contribution in [3.05, 3.63) is 35.1 Å². The summed E-state index contributed by atoms with van der Waals surface area (Å²) in [6, 6.07) is 5.74. The van der Waals surface area contributed by atoms with Crippen molar-refractivity contribution in [1.29, 1.82) is 0 Å². The number of aryl methyl sites for hydroxylation is 1. The molecule has 1 aromatic carbocycles. The first-order chi connectivity index (χ1) is 10.5. The van der Waals surface area contributed by atoms with Crippen molar-refractivity contribution >= 4 is 34.6 Å². The molecule has 0 aliphatic heterocycles. The smallest absolute Gasteiger partial charge is 0.159 e. The summed E-state index contributed by atoms with van der Waals surface area (Å²) in [4.78, 5) is 8.39. The quantitative estimate of drug-likeness (QED) is 0.743. The van der Waals surface area contributed by atoms with E-state index in [0.717, 1.165) is 24.2 Å². The van der Waals surface area contributed by atoms with Crippen LogP contribution in [0.3, 0.4) is 0 Å². The van der Waals surface area contributed by atoms with E-state index >= 15 is 0 Å². The Morgan fingerprint density at radius 3 is 2.64 bits per heavy atom. The van der Waals surface area contributed by atoms with Crippen LogP contribution in [0, 0.1) is 12.8 Å². The van der Waals surface area contributed by atoms with E-state index in [-0.39, 0.29) is 0 Å². The van der Waals surface area contributed by atoms with E-state index in [9.17, 15) is 0 Å². The molecule has 1 aromatic heterocycles. The first-order valence-corrected chi connectivity index (χ1v) is 7.72. The normalized spacial score (nSPS) is 10.8. The lowest BCUT2D eigenvalue weighted by molar-refractivity contribution is 0.606. The Labute approximate surface area is 136 Å². The van der Waals surface area contributed by atoms with E-state index in [1.54, 1.807) is 0 Å². The van der Waals surface area contributed by atoms with E-state index in [1.165, 1.54) is 6.33 Å². The van der Waals surface area contributed by atoms with Gasteiger partial charge in [0.25, 0.3) is 0 Å². The van der Waals surface area contributed by atoms with Crippen LogP contribution in [0.25, 0.3) is 0 Å². The SMILES string of the molecule is Cc1ccc(Nc2ncnc(NCCC(C)C)c2N)cc1Cl. The molecule has 0 fully saturated rings. The Balaban J connectivity index is 2.12. The summed E-state index contributed by atoms with van der Waals surface area (Å²) < 4.78 is 0. The van der Waals surface area contributed by atoms with Gasteiger partial charge >= 0.3 is 0 Å². The van der Waals surface area contributed by atoms with Gasteiger partial charge in [0.2, 0.25) is 0 Å². The van der Waals surface area contributed by atoms with E-state index in [1.807, 2.05) is 25.1 Å². The molecule has 22 heavy (non-hydrogen) atoms. The number of nitrogens with one attached hydrogen (secondary N) is 2. The molecule has 6 heteroatoms. The van der Waals surface area contributed by atoms with Gasteiger partial charge in [-0.25, -0.2) is 9.97 Å². The van der Waals surface area contributed by atoms with Crippen molar-refractivity contribution in [1.82, 2.24) is 9.97 Å². The van der Waals surface area contributed by atoms with Gasteiger partial charge in [-0.15, -0.1) is 0 Å². The lowest BCUT2D eigenvalue weighted by Crippen LogP contribution is -2.10. The maximum absolute atomic E-state index is 6.13. The molecule has 0 unspecified atom stereocenters. The fourth-order valence-corrected chi connectivity index (χ4v) is 2.10. The van der Waals surface area contributed by atoms with Crippen LogP contribution >= 0.6 is 11.6 Å². The molecule has 118 valence electrons. The molecular weight excluding hydrogens is 298 g/mol. The maximum Gasteiger partial charge on any atom is 0.159 e. The summed E-state index contributed by atoms with van der Waals surface area (Å²) in [6.07, 6.45) is 2.55. The molecule has 0 radical (unpaired) electrons. The van der Waals surface area contributed by atoms with Crippen molar-refractivity contribution < 1.29 is 0 Å². The highest BCUT2D eigenvalue weighted by Crippen LogP contribution is 2.27. The number of hydrogen-bond acceptors (Lipinski definition) is 5. The monoisotopic (exact) mass is 319 g/mol. The Kier molecular flexibility index (Phi) is 5.44. The minimum Gasteiger partial charge on any atom is -0.393 e. The summed E-state index contributed by atoms with van der Waals surface area (Å²) in [5.41, 5.74) is 8.50. The lowest BCUT2D eigenvalue weighted by atomic mass is 10.1. The van der Waals surface area contributed by atoms with Gasteiger partial charge < -0.3 is 16.4 Å². The molecule has 0 amide bonds. The first kappa shape index (κ1) is 16.4. The average Bonchev–Trinajstić information content (AvgIpc) is 2.46. The largest absolute Gasteiger partial charge is 0.393 e. The van der Waals surface area contributed by atoms with Crippen LogP contribution in [-0.4, -0.2) is 16.5 Å². The van der Waals surface area contributed by atoms with Crippen molar-refractivity contribution in [3.63, 3.8) is 0 Å². The molecule has 2 aromatic rings. The Hall–Kier alpha value is -2.01. The standard InChI is InChI=1S/C16H22ClN5/c1-10(2)6-7-19-15-14(18)16(21-9-20-15)22-12-5-4-11(3)13(17)8-12/h4-5,8-10H,6-7,18H2,1-3H3,(H2,19,20,21,22). The van der Waals surface area contributed by atoms with Crippen molar-refractivity contribution in [2.75, 3.05) is 22.9 Å². The number of anilines is 4. The molecular formula is C16H22ClN5. The molecule has 0 bridgehead atoms. The molecule has 4 N–H and O–H groups in total. The Bertz CT molecular complexity index is 642. The van der Waals surface area contributed by atoms with Crippen LogP contribution in [0.15, 0.2) is 24.5 Å². The second-order valence-electron chi connectivity index (χ2n) is 5.68. The highest BCUT2D eigenvalue weighted by atomic mass is 35.5. The summed E-state index contributed by atoms with van der Waals surface area (Å²) >= 11 is 6.13. The third kappa shape index (κ3) is 4.24. The van der Waals surface area contributed by atoms with Crippen LogP contribution in [-0.2, 0) is 0 Å². The highest BCUT2D eigenvalue weighted by Gasteiger charge is 2.09. The number of aromatic nitrogens is 2. The van der Waals surface area contributed by atoms with Crippen molar-refractivity contribution in [2.24, 2.45) is 5.92 Å². The molecule has 0 saturated carbocycles. The van der Waals surface area contributed by atoms with Crippen LogP contribution in [0.5, 0.6) is 0 Å². The van der Waals surface area contributed by atoms with Crippen LogP contribution in [0.2, 0.25) is 5.02 Å². The number of hydrogen-bond donors (Lipinski definition) is 3. The number of nitrogen functional groups attached to an aromatic ring is 1. The zero-order valence-electron chi connectivity index (χ0n) is 13.2. The van der Waals surface area contributed by atoms with E-state index in [0.29, 0.717) is 28.3 Å². The molecule has 0 saturated heterocycles. The number of benzene rings is 1. The van der Waals surface area contributed by atoms with Gasteiger partial charge in [0.15, 0.2) is 11.6 Å². The summed E-state index contributed by atoms with van der Waals surface area (Å²) in [5.74, 6) is 1.85. The van der Waals surface area contributed by atoms with E-state index < -0.39 is 0 Å². The third-order valence-electron chi connectivity index (χ3n) is 3.33. The summed E-state index contributed by atoms with van der Waals surface area (Å²) in [5, 5.41) is 7.13. The topological polar surface area (TPSA) is 75.9 Å². The molecule has 0 aliphatic carbocycles. The predicted molar refractivity (Wildman–Crippen MR) is 93.9 cm³/mol. The fourth-order valence-electron chi connectivity index (χ4n) is 1.92. The maximum atomic E-state index is 6.13. The van der Waals surface area contributed by atoms with Crippen molar-refractivity contribution in [3.8, 4) is 0 Å². The summed E-state index contributed by atoms with van der Waals surface area (Å²) in [7, 11) is 0. The minimum atomic E-state index is 0.503. The van der Waals surface area contributed by atoms with Gasteiger partial charge in [-0.05, 0) is 37.0 Å². The Morgan fingerprint density at radius 1 is 1.23 bits per heavy atom. The van der Waals surface area contributed by atoms with Crippen LogP contribution in [0.4, 0.5) is 23.0 Å².